The average molecular weight is 376 g/mol. The SMILES string of the molecule is O=C1NC(=O)N(c2cccc(F)c2)C(=O)/C1=C\c1cnn(-c2ccccc2)c1. The van der Waals surface area contributed by atoms with E-state index in [4.69, 9.17) is 0 Å². The first kappa shape index (κ1) is 17.3. The highest BCUT2D eigenvalue weighted by atomic mass is 19.1. The Kier molecular flexibility index (Phi) is 4.29. The van der Waals surface area contributed by atoms with Gasteiger partial charge in [0.15, 0.2) is 0 Å². The average Bonchev–Trinajstić information content (AvgIpc) is 3.14. The predicted molar refractivity (Wildman–Crippen MR) is 99.0 cm³/mol. The molecule has 4 amide bonds. The summed E-state index contributed by atoms with van der Waals surface area (Å²) >= 11 is 0. The van der Waals surface area contributed by atoms with Crippen molar-refractivity contribution in [1.29, 1.82) is 0 Å². The largest absolute Gasteiger partial charge is 0.335 e. The summed E-state index contributed by atoms with van der Waals surface area (Å²) in [5, 5.41) is 6.30. The van der Waals surface area contributed by atoms with Crippen molar-refractivity contribution in [3.63, 3.8) is 0 Å². The number of aromatic nitrogens is 2. The maximum absolute atomic E-state index is 13.5. The number of benzene rings is 2. The van der Waals surface area contributed by atoms with Gasteiger partial charge in [0, 0.05) is 11.8 Å². The van der Waals surface area contributed by atoms with Crippen molar-refractivity contribution in [2.75, 3.05) is 4.90 Å². The maximum Gasteiger partial charge on any atom is 0.335 e. The van der Waals surface area contributed by atoms with E-state index in [1.807, 2.05) is 30.3 Å². The Hall–Kier alpha value is -4.07. The maximum atomic E-state index is 13.5. The van der Waals surface area contributed by atoms with Crippen molar-refractivity contribution >= 4 is 29.6 Å². The summed E-state index contributed by atoms with van der Waals surface area (Å²) < 4.78 is 15.1. The predicted octanol–water partition coefficient (Wildman–Crippen LogP) is 2.68. The number of nitrogens with zero attached hydrogens (tertiary/aromatic N) is 3. The smallest absolute Gasteiger partial charge is 0.273 e. The molecule has 3 aromatic rings. The van der Waals surface area contributed by atoms with Crippen LogP contribution in [0.25, 0.3) is 11.8 Å². The first-order chi connectivity index (χ1) is 13.5. The van der Waals surface area contributed by atoms with Gasteiger partial charge in [0.2, 0.25) is 0 Å². The molecule has 2 heterocycles. The van der Waals surface area contributed by atoms with Crippen LogP contribution in [-0.4, -0.2) is 27.6 Å². The van der Waals surface area contributed by atoms with E-state index in [0.29, 0.717) is 5.56 Å². The lowest BCUT2D eigenvalue weighted by Crippen LogP contribution is -2.54. The van der Waals surface area contributed by atoms with E-state index in [1.165, 1.54) is 30.5 Å². The second-order valence-electron chi connectivity index (χ2n) is 5.99. The fraction of sp³-hybridized carbons (Fsp3) is 0. The van der Waals surface area contributed by atoms with Crippen molar-refractivity contribution in [2.24, 2.45) is 0 Å². The third-order valence-electron chi connectivity index (χ3n) is 4.10. The molecule has 1 N–H and O–H groups in total. The van der Waals surface area contributed by atoms with E-state index in [-0.39, 0.29) is 11.3 Å². The van der Waals surface area contributed by atoms with Gasteiger partial charge in [-0.25, -0.2) is 18.8 Å². The van der Waals surface area contributed by atoms with Gasteiger partial charge in [0.1, 0.15) is 11.4 Å². The molecule has 0 spiro atoms. The van der Waals surface area contributed by atoms with Gasteiger partial charge in [-0.15, -0.1) is 0 Å². The third-order valence-corrected chi connectivity index (χ3v) is 4.10. The zero-order valence-corrected chi connectivity index (χ0v) is 14.4. The highest BCUT2D eigenvalue weighted by Crippen LogP contribution is 2.22. The summed E-state index contributed by atoms with van der Waals surface area (Å²) in [5.41, 5.74) is 1.08. The van der Waals surface area contributed by atoms with Crippen molar-refractivity contribution in [3.8, 4) is 5.69 Å². The standard InChI is InChI=1S/C20H13FN4O3/c21-14-5-4-8-16(10-14)25-19(27)17(18(26)23-20(25)28)9-13-11-22-24(12-13)15-6-2-1-3-7-15/h1-12H,(H,23,26,28)/b17-9-. The molecule has 4 rings (SSSR count). The van der Waals surface area contributed by atoms with Gasteiger partial charge >= 0.3 is 6.03 Å². The topological polar surface area (TPSA) is 84.3 Å². The van der Waals surface area contributed by atoms with Crippen LogP contribution in [0.2, 0.25) is 0 Å². The van der Waals surface area contributed by atoms with Crippen molar-refractivity contribution in [2.45, 2.75) is 0 Å². The lowest BCUT2D eigenvalue weighted by atomic mass is 10.1. The molecular weight excluding hydrogens is 363 g/mol. The Balaban J connectivity index is 1.69. The molecule has 0 aliphatic carbocycles. The highest BCUT2D eigenvalue weighted by Gasteiger charge is 2.37. The molecule has 8 heteroatoms. The molecule has 7 nitrogen and oxygen atoms in total. The molecular formula is C20H13FN4O3. The molecule has 2 aromatic carbocycles. The molecule has 0 radical (unpaired) electrons. The number of hydrogen-bond acceptors (Lipinski definition) is 4. The van der Waals surface area contributed by atoms with Crippen LogP contribution in [0.5, 0.6) is 0 Å². The minimum absolute atomic E-state index is 0.0286. The van der Waals surface area contributed by atoms with Crippen LogP contribution in [0, 0.1) is 5.82 Å². The van der Waals surface area contributed by atoms with Crippen LogP contribution in [0.3, 0.4) is 0 Å². The van der Waals surface area contributed by atoms with Gasteiger partial charge < -0.3 is 0 Å². The number of urea groups is 1. The Morgan fingerprint density at radius 3 is 2.46 bits per heavy atom. The van der Waals surface area contributed by atoms with E-state index in [0.717, 1.165) is 16.7 Å². The van der Waals surface area contributed by atoms with Crippen LogP contribution in [0.1, 0.15) is 5.56 Å². The monoisotopic (exact) mass is 376 g/mol. The number of imide groups is 2. The van der Waals surface area contributed by atoms with Crippen molar-refractivity contribution in [1.82, 2.24) is 15.1 Å². The molecule has 1 fully saturated rings. The van der Waals surface area contributed by atoms with E-state index in [1.54, 1.807) is 10.9 Å². The highest BCUT2D eigenvalue weighted by molar-refractivity contribution is 6.39. The van der Waals surface area contributed by atoms with E-state index < -0.39 is 23.7 Å². The second kappa shape index (κ2) is 6.92. The normalized spacial score (nSPS) is 15.8. The number of amides is 4. The zero-order chi connectivity index (χ0) is 19.7. The van der Waals surface area contributed by atoms with Crippen LogP contribution in [0.15, 0.2) is 72.6 Å². The summed E-state index contributed by atoms with van der Waals surface area (Å²) in [6, 6.07) is 13.4. The fourth-order valence-corrected chi connectivity index (χ4v) is 2.81. The molecule has 0 unspecified atom stereocenters. The minimum Gasteiger partial charge on any atom is -0.273 e. The van der Waals surface area contributed by atoms with E-state index >= 15 is 0 Å². The molecule has 1 aromatic heterocycles. The Morgan fingerprint density at radius 1 is 0.964 bits per heavy atom. The fourth-order valence-electron chi connectivity index (χ4n) is 2.81. The quantitative estimate of drug-likeness (QED) is 0.563. The van der Waals surface area contributed by atoms with Crippen LogP contribution in [-0.2, 0) is 9.59 Å². The number of anilines is 1. The molecule has 138 valence electrons. The van der Waals surface area contributed by atoms with E-state index in [2.05, 4.69) is 10.4 Å². The summed E-state index contributed by atoms with van der Waals surface area (Å²) in [6.07, 6.45) is 4.47. The minimum atomic E-state index is -0.933. The first-order valence-corrected chi connectivity index (χ1v) is 8.30. The Labute approximate surface area is 158 Å². The number of hydrogen-bond donors (Lipinski definition) is 1. The van der Waals surface area contributed by atoms with Crippen molar-refractivity contribution < 1.29 is 18.8 Å². The summed E-state index contributed by atoms with van der Waals surface area (Å²) in [4.78, 5) is 37.8. The second-order valence-corrected chi connectivity index (χ2v) is 5.99. The Bertz CT molecular complexity index is 1120. The number of nitrogens with one attached hydrogen (secondary N) is 1. The molecule has 28 heavy (non-hydrogen) atoms. The molecule has 0 saturated carbocycles. The molecule has 1 aliphatic rings. The number of barbiturate groups is 1. The van der Waals surface area contributed by atoms with Crippen LogP contribution >= 0.6 is 0 Å². The number of para-hydroxylation sites is 1. The van der Waals surface area contributed by atoms with Gasteiger partial charge in [0.05, 0.1) is 17.6 Å². The van der Waals surface area contributed by atoms with Gasteiger partial charge in [-0.1, -0.05) is 24.3 Å². The third kappa shape index (κ3) is 3.18. The molecule has 0 atom stereocenters. The van der Waals surface area contributed by atoms with Gasteiger partial charge in [0.25, 0.3) is 11.8 Å². The number of rotatable bonds is 3. The Morgan fingerprint density at radius 2 is 1.71 bits per heavy atom. The summed E-state index contributed by atoms with van der Waals surface area (Å²) in [6.45, 7) is 0. The lowest BCUT2D eigenvalue weighted by Gasteiger charge is -2.26. The lowest BCUT2D eigenvalue weighted by molar-refractivity contribution is -0.122. The van der Waals surface area contributed by atoms with E-state index in [9.17, 15) is 18.8 Å². The summed E-state index contributed by atoms with van der Waals surface area (Å²) in [7, 11) is 0. The molecule has 1 aliphatic heterocycles. The number of carbonyl (C=O) groups excluding carboxylic acids is 3. The molecule has 0 bridgehead atoms. The van der Waals surface area contributed by atoms with Crippen LogP contribution < -0.4 is 10.2 Å². The van der Waals surface area contributed by atoms with Gasteiger partial charge in [-0.3, -0.25) is 14.9 Å². The van der Waals surface area contributed by atoms with Gasteiger partial charge in [-0.05, 0) is 36.4 Å². The van der Waals surface area contributed by atoms with Crippen LogP contribution in [0.4, 0.5) is 14.9 Å². The number of carbonyl (C=O) groups is 3. The first-order valence-electron chi connectivity index (χ1n) is 8.30. The molecule has 1 saturated heterocycles. The number of halogens is 1. The summed E-state index contributed by atoms with van der Waals surface area (Å²) in [5.74, 6) is -2.27. The zero-order valence-electron chi connectivity index (χ0n) is 14.4. The van der Waals surface area contributed by atoms with Gasteiger partial charge in [-0.2, -0.15) is 5.10 Å². The van der Waals surface area contributed by atoms with Crippen molar-refractivity contribution in [3.05, 3.63) is 83.9 Å².